The van der Waals surface area contributed by atoms with Crippen LogP contribution in [0.15, 0.2) is 36.5 Å². The van der Waals surface area contributed by atoms with Gasteiger partial charge in [0, 0.05) is 18.8 Å². The van der Waals surface area contributed by atoms with Gasteiger partial charge in [-0.15, -0.1) is 6.58 Å². The highest BCUT2D eigenvalue weighted by Gasteiger charge is 2.43. The van der Waals surface area contributed by atoms with E-state index < -0.39 is 23.7 Å². The van der Waals surface area contributed by atoms with E-state index in [0.717, 1.165) is 12.0 Å². The number of esters is 2. The molecule has 3 rings (SSSR count). The van der Waals surface area contributed by atoms with E-state index in [-0.39, 0.29) is 42.2 Å². The van der Waals surface area contributed by atoms with Crippen LogP contribution in [0.3, 0.4) is 0 Å². The molecule has 0 aromatic heterocycles. The average Bonchev–Trinajstić information content (AvgIpc) is 2.66. The van der Waals surface area contributed by atoms with Gasteiger partial charge in [-0.3, -0.25) is 9.59 Å². The Hall–Kier alpha value is -1.92. The van der Waals surface area contributed by atoms with Crippen LogP contribution in [0.1, 0.15) is 59.3 Å². The zero-order valence-electron chi connectivity index (χ0n) is 18.8. The van der Waals surface area contributed by atoms with Crippen molar-refractivity contribution in [2.45, 2.75) is 83.7 Å². The monoisotopic (exact) mass is 432 g/mol. The first-order valence-corrected chi connectivity index (χ1v) is 11.4. The molecule has 0 aromatic carbocycles. The molecule has 3 aliphatic rings. The Morgan fingerprint density at radius 2 is 2.13 bits per heavy atom. The molecule has 2 aliphatic carbocycles. The number of rotatable bonds is 7. The average molecular weight is 433 g/mol. The molecular weight excluding hydrogens is 396 g/mol. The Labute approximate surface area is 185 Å². The summed E-state index contributed by atoms with van der Waals surface area (Å²) in [6.07, 6.45) is 8.58. The lowest BCUT2D eigenvalue weighted by Crippen LogP contribution is -2.44. The Bertz CT molecular complexity index is 751. The van der Waals surface area contributed by atoms with Crippen LogP contribution in [0.2, 0.25) is 0 Å². The zero-order chi connectivity index (χ0) is 22.8. The maximum absolute atomic E-state index is 12.9. The molecule has 0 bridgehead atoms. The number of carbonyl (C=O) groups excluding carboxylic acids is 2. The van der Waals surface area contributed by atoms with Crippen molar-refractivity contribution in [3.05, 3.63) is 36.5 Å². The quantitative estimate of drug-likeness (QED) is 0.473. The highest BCUT2D eigenvalue weighted by molar-refractivity contribution is 5.76. The van der Waals surface area contributed by atoms with Crippen LogP contribution in [0.25, 0.3) is 0 Å². The van der Waals surface area contributed by atoms with Gasteiger partial charge in [-0.25, -0.2) is 0 Å². The fourth-order valence-corrected chi connectivity index (χ4v) is 5.24. The number of fused-ring (bicyclic) bond motifs is 1. The maximum atomic E-state index is 12.9. The molecule has 31 heavy (non-hydrogen) atoms. The fourth-order valence-electron chi connectivity index (χ4n) is 5.24. The summed E-state index contributed by atoms with van der Waals surface area (Å²) in [5.41, 5.74) is 0.327. The second-order valence-electron chi connectivity index (χ2n) is 10.0. The summed E-state index contributed by atoms with van der Waals surface area (Å²) in [5, 5.41) is 20.3. The highest BCUT2D eigenvalue weighted by Crippen LogP contribution is 2.44. The standard InChI is InChI=1S/C25H36O6/c1-5-9-25(3,4)24(29)31-21-13-17(26)11-16-7-6-8-20(23(16)21)15(2)10-19-12-18(27)14-22(28)30-19/h5-7,11,15,17-21,23,26-27H,1,8-10,12-14H2,2-4H3/t15-,17+,18+,19+,20-,21-,23-/m0/s1. The van der Waals surface area contributed by atoms with E-state index in [4.69, 9.17) is 9.47 Å². The third kappa shape index (κ3) is 5.66. The van der Waals surface area contributed by atoms with Gasteiger partial charge in [0.15, 0.2) is 0 Å². The van der Waals surface area contributed by atoms with Crippen LogP contribution in [-0.2, 0) is 19.1 Å². The summed E-state index contributed by atoms with van der Waals surface area (Å²) in [4.78, 5) is 24.6. The number of carbonyl (C=O) groups is 2. The molecule has 0 aromatic rings. The number of ether oxygens (including phenoxy) is 2. The van der Waals surface area contributed by atoms with Gasteiger partial charge in [0.25, 0.3) is 0 Å². The van der Waals surface area contributed by atoms with Gasteiger partial charge < -0.3 is 19.7 Å². The van der Waals surface area contributed by atoms with Gasteiger partial charge in [0.2, 0.25) is 0 Å². The molecule has 172 valence electrons. The zero-order valence-corrected chi connectivity index (χ0v) is 18.8. The summed E-state index contributed by atoms with van der Waals surface area (Å²) in [7, 11) is 0. The summed E-state index contributed by atoms with van der Waals surface area (Å²) >= 11 is 0. The van der Waals surface area contributed by atoms with Gasteiger partial charge in [0.05, 0.1) is 24.0 Å². The van der Waals surface area contributed by atoms with E-state index >= 15 is 0 Å². The number of aliphatic hydroxyl groups is 2. The molecule has 1 saturated heterocycles. The van der Waals surface area contributed by atoms with E-state index in [9.17, 15) is 19.8 Å². The third-order valence-corrected chi connectivity index (χ3v) is 6.89. The van der Waals surface area contributed by atoms with Crippen LogP contribution in [-0.4, -0.2) is 46.6 Å². The molecule has 1 heterocycles. The van der Waals surface area contributed by atoms with Crippen LogP contribution < -0.4 is 0 Å². The maximum Gasteiger partial charge on any atom is 0.312 e. The minimum Gasteiger partial charge on any atom is -0.462 e. The second-order valence-corrected chi connectivity index (χ2v) is 10.0. The minimum atomic E-state index is -0.675. The summed E-state index contributed by atoms with van der Waals surface area (Å²) in [6, 6.07) is 0. The van der Waals surface area contributed by atoms with E-state index in [0.29, 0.717) is 25.7 Å². The van der Waals surface area contributed by atoms with Crippen molar-refractivity contribution in [2.24, 2.45) is 23.2 Å². The van der Waals surface area contributed by atoms with Gasteiger partial charge in [-0.2, -0.15) is 0 Å². The van der Waals surface area contributed by atoms with Crippen molar-refractivity contribution in [1.29, 1.82) is 0 Å². The summed E-state index contributed by atoms with van der Waals surface area (Å²) in [5.74, 6) is -0.287. The molecule has 6 nitrogen and oxygen atoms in total. The number of cyclic esters (lactones) is 1. The van der Waals surface area contributed by atoms with E-state index in [1.54, 1.807) is 6.08 Å². The number of allylic oxidation sites excluding steroid dienone is 3. The molecule has 1 aliphatic heterocycles. The predicted octanol–water partition coefficient (Wildman–Crippen LogP) is 3.48. The lowest BCUT2D eigenvalue weighted by atomic mass is 9.66. The van der Waals surface area contributed by atoms with Crippen molar-refractivity contribution < 1.29 is 29.3 Å². The Morgan fingerprint density at radius 1 is 1.39 bits per heavy atom. The molecular formula is C25H36O6. The van der Waals surface area contributed by atoms with Crippen molar-refractivity contribution in [3.8, 4) is 0 Å². The van der Waals surface area contributed by atoms with Crippen molar-refractivity contribution in [3.63, 3.8) is 0 Å². The van der Waals surface area contributed by atoms with Gasteiger partial charge in [-0.05, 0) is 50.5 Å². The first kappa shape index (κ1) is 23.7. The molecule has 0 saturated carbocycles. The normalized spacial score (nSPS) is 34.2. The van der Waals surface area contributed by atoms with E-state index in [1.165, 1.54) is 0 Å². The molecule has 7 atom stereocenters. The van der Waals surface area contributed by atoms with Crippen LogP contribution >= 0.6 is 0 Å². The largest absolute Gasteiger partial charge is 0.462 e. The smallest absolute Gasteiger partial charge is 0.312 e. The summed E-state index contributed by atoms with van der Waals surface area (Å²) < 4.78 is 11.5. The van der Waals surface area contributed by atoms with Crippen molar-refractivity contribution in [1.82, 2.24) is 0 Å². The lowest BCUT2D eigenvalue weighted by molar-refractivity contribution is -0.167. The summed E-state index contributed by atoms with van der Waals surface area (Å²) in [6.45, 7) is 9.55. The van der Waals surface area contributed by atoms with Crippen LogP contribution in [0.4, 0.5) is 0 Å². The predicted molar refractivity (Wildman–Crippen MR) is 117 cm³/mol. The molecule has 6 heteroatoms. The van der Waals surface area contributed by atoms with Crippen molar-refractivity contribution >= 4 is 11.9 Å². The van der Waals surface area contributed by atoms with Crippen LogP contribution in [0, 0.1) is 23.2 Å². The van der Waals surface area contributed by atoms with E-state index in [2.05, 4.69) is 19.6 Å². The van der Waals surface area contributed by atoms with Crippen molar-refractivity contribution in [2.75, 3.05) is 0 Å². The molecule has 0 unspecified atom stereocenters. The Morgan fingerprint density at radius 3 is 2.81 bits per heavy atom. The first-order chi connectivity index (χ1) is 14.6. The number of hydrogen-bond acceptors (Lipinski definition) is 6. The van der Waals surface area contributed by atoms with E-state index in [1.807, 2.05) is 26.0 Å². The number of aliphatic hydroxyl groups excluding tert-OH is 2. The lowest BCUT2D eigenvalue weighted by Gasteiger charge is -2.43. The van der Waals surface area contributed by atoms with Gasteiger partial charge >= 0.3 is 11.9 Å². The molecule has 0 amide bonds. The fraction of sp³-hybridized carbons (Fsp3) is 0.680. The van der Waals surface area contributed by atoms with Crippen LogP contribution in [0.5, 0.6) is 0 Å². The Balaban J connectivity index is 1.77. The number of hydrogen-bond donors (Lipinski definition) is 2. The SMILES string of the molecule is C=CCC(C)(C)C(=O)O[C@H]1C[C@H](O)C=C2C=CC[C@@H]([C@@H](C)C[C@@H]3C[C@@H](O)CC(=O)O3)[C@H]21. The molecule has 2 N–H and O–H groups in total. The topological polar surface area (TPSA) is 93.1 Å². The molecule has 1 fully saturated rings. The molecule has 0 spiro atoms. The first-order valence-electron chi connectivity index (χ1n) is 11.4. The van der Waals surface area contributed by atoms with Gasteiger partial charge in [0.1, 0.15) is 12.2 Å². The highest BCUT2D eigenvalue weighted by atomic mass is 16.6. The second kappa shape index (κ2) is 9.70. The Kier molecular flexibility index (Phi) is 7.43. The minimum absolute atomic E-state index is 0.0175. The van der Waals surface area contributed by atoms with Gasteiger partial charge in [-0.1, -0.05) is 31.2 Å². The molecule has 0 radical (unpaired) electrons. The third-order valence-electron chi connectivity index (χ3n) is 6.89.